The molecular weight excluding hydrogens is 976 g/mol. The van der Waals surface area contributed by atoms with Gasteiger partial charge in [0.25, 0.3) is 21.6 Å². The Labute approximate surface area is 432 Å². The van der Waals surface area contributed by atoms with Crippen LogP contribution in [-0.2, 0) is 10.0 Å². The molecule has 386 valence electrons. The third-order valence-electron chi connectivity index (χ3n) is 14.7. The SMILES string of the molecule is CC1(CN2CCN(C(=O)O)CC2)CCC(c2ccc(Cl)cc2)=C(CN2CCN(c3ccc(C(=O)NS(=O)(=O)c4ccc(N[C@H](CCN5CCCCC5CO)CSc5ccccc5)c([N+](=O)[O-])c4)cc3)CC2)C1. The molecular formula is C53H67ClN8O8S2. The van der Waals surface area contributed by atoms with Gasteiger partial charge < -0.3 is 25.3 Å². The van der Waals surface area contributed by atoms with Crippen LogP contribution in [0, 0.1) is 15.5 Å². The minimum absolute atomic E-state index is 0.0531. The van der Waals surface area contributed by atoms with Gasteiger partial charge in [-0.25, -0.2) is 17.9 Å². The van der Waals surface area contributed by atoms with E-state index in [9.17, 15) is 38.3 Å². The Balaban J connectivity index is 0.877. The number of rotatable bonds is 19. The van der Waals surface area contributed by atoms with E-state index in [0.29, 0.717) is 36.8 Å². The van der Waals surface area contributed by atoms with E-state index >= 15 is 0 Å². The van der Waals surface area contributed by atoms with Crippen LogP contribution < -0.4 is 14.9 Å². The number of aliphatic hydroxyl groups excluding tert-OH is 1. The van der Waals surface area contributed by atoms with E-state index in [-0.39, 0.29) is 35.4 Å². The third kappa shape index (κ3) is 13.9. The maximum atomic E-state index is 13.6. The average Bonchev–Trinajstić information content (AvgIpc) is 3.38. The number of likely N-dealkylation sites (tertiary alicyclic amines) is 1. The molecule has 2 amide bonds. The number of benzene rings is 4. The molecule has 4 N–H and O–H groups in total. The number of halogens is 1. The minimum atomic E-state index is -4.50. The first kappa shape index (κ1) is 53.1. The molecule has 72 heavy (non-hydrogen) atoms. The highest BCUT2D eigenvalue weighted by atomic mass is 35.5. The number of hydrogen-bond donors (Lipinski definition) is 4. The Morgan fingerprint density at radius 1 is 0.903 bits per heavy atom. The van der Waals surface area contributed by atoms with E-state index in [2.05, 4.69) is 48.7 Å². The van der Waals surface area contributed by atoms with Gasteiger partial charge in [-0.1, -0.05) is 60.9 Å². The van der Waals surface area contributed by atoms with Crippen molar-refractivity contribution in [1.82, 2.24) is 24.3 Å². The average molecular weight is 1040 g/mol. The van der Waals surface area contributed by atoms with E-state index in [0.717, 1.165) is 114 Å². The molecule has 0 radical (unpaired) electrons. The van der Waals surface area contributed by atoms with Gasteiger partial charge in [-0.15, -0.1) is 11.8 Å². The standard InChI is InChI=1S/C53H67ClN8O8S2/c1-53(38-58-27-31-61(32-28-58)52(65)66)22-20-48(39-10-14-42(54)15-11-39)41(34-53)35-57-25-29-60(30-26-57)44-16-12-40(13-17-44)51(64)56-72(69,70)47-18-19-49(50(33-47)62(67)68)55-43(37-71-46-8-3-2-4-9-46)21-24-59-23-6-5-7-45(59)36-63/h2-4,8-19,33,43,45,55,63H,5-7,20-32,34-38H2,1H3,(H,56,64)(H,65,66)/t43-,45?,53?/m1/s1. The minimum Gasteiger partial charge on any atom is -0.465 e. The second-order valence-electron chi connectivity index (χ2n) is 19.9. The van der Waals surface area contributed by atoms with Gasteiger partial charge in [0.05, 0.1) is 16.4 Å². The number of thioether (sulfide) groups is 1. The number of sulfonamides is 1. The molecule has 3 heterocycles. The quantitative estimate of drug-likeness (QED) is 0.0399. The Morgan fingerprint density at radius 2 is 1.61 bits per heavy atom. The molecule has 3 aliphatic heterocycles. The van der Waals surface area contributed by atoms with E-state index < -0.39 is 37.5 Å². The third-order valence-corrected chi connectivity index (χ3v) is 17.5. The summed E-state index contributed by atoms with van der Waals surface area (Å²) in [7, 11) is -4.50. The summed E-state index contributed by atoms with van der Waals surface area (Å²) in [6.07, 6.45) is 5.76. The number of piperazine rings is 2. The summed E-state index contributed by atoms with van der Waals surface area (Å²) in [4.78, 5) is 48.4. The zero-order valence-electron chi connectivity index (χ0n) is 41.0. The van der Waals surface area contributed by atoms with Crippen LogP contribution >= 0.6 is 23.4 Å². The van der Waals surface area contributed by atoms with Gasteiger partial charge in [-0.3, -0.25) is 29.6 Å². The first-order valence-corrected chi connectivity index (χ1v) is 27.9. The Hall–Kier alpha value is -5.21. The van der Waals surface area contributed by atoms with E-state index in [4.69, 9.17) is 11.6 Å². The number of nitro benzene ring substituents is 1. The summed E-state index contributed by atoms with van der Waals surface area (Å²) in [6, 6.07) is 28.3. The maximum absolute atomic E-state index is 13.6. The van der Waals surface area contributed by atoms with Crippen LogP contribution in [0.1, 0.15) is 67.8 Å². The van der Waals surface area contributed by atoms with E-state index in [1.165, 1.54) is 33.7 Å². The Bertz CT molecular complexity index is 2650. The normalized spacial score (nSPS) is 21.1. The molecule has 0 saturated carbocycles. The second kappa shape index (κ2) is 24.2. The number of anilines is 2. The van der Waals surface area contributed by atoms with Crippen LogP contribution in [0.4, 0.5) is 21.9 Å². The molecule has 3 saturated heterocycles. The van der Waals surface area contributed by atoms with Crippen molar-refractivity contribution >= 4 is 68.0 Å². The highest BCUT2D eigenvalue weighted by Gasteiger charge is 2.36. The van der Waals surface area contributed by atoms with Crippen molar-refractivity contribution in [1.29, 1.82) is 0 Å². The molecule has 1 aliphatic carbocycles. The molecule has 8 rings (SSSR count). The van der Waals surface area contributed by atoms with E-state index in [1.807, 2.05) is 54.6 Å². The van der Waals surface area contributed by atoms with Gasteiger partial charge in [0.2, 0.25) is 0 Å². The predicted octanol–water partition coefficient (Wildman–Crippen LogP) is 8.24. The molecule has 3 atom stereocenters. The van der Waals surface area contributed by atoms with Crippen LogP contribution in [0.25, 0.3) is 5.57 Å². The van der Waals surface area contributed by atoms with Crippen molar-refractivity contribution in [2.45, 2.75) is 73.7 Å². The van der Waals surface area contributed by atoms with Crippen molar-refractivity contribution in [3.05, 3.63) is 129 Å². The number of carboxylic acid groups (broad SMARTS) is 1. The lowest BCUT2D eigenvalue weighted by molar-refractivity contribution is -0.384. The van der Waals surface area contributed by atoms with Crippen molar-refractivity contribution < 1.29 is 33.1 Å². The first-order chi connectivity index (χ1) is 34.6. The van der Waals surface area contributed by atoms with Crippen LogP contribution in [0.3, 0.4) is 0 Å². The molecule has 0 aromatic heterocycles. The number of piperidine rings is 1. The van der Waals surface area contributed by atoms with Gasteiger partial charge in [0.1, 0.15) is 5.69 Å². The monoisotopic (exact) mass is 1040 g/mol. The van der Waals surface area contributed by atoms with Gasteiger partial charge in [-0.05, 0) is 122 Å². The number of carbonyl (C=O) groups is 2. The number of allylic oxidation sites excluding steroid dienone is 1. The second-order valence-corrected chi connectivity index (χ2v) is 23.1. The zero-order chi connectivity index (χ0) is 50.8. The van der Waals surface area contributed by atoms with Crippen LogP contribution in [0.15, 0.2) is 112 Å². The molecule has 19 heteroatoms. The lowest BCUT2D eigenvalue weighted by Gasteiger charge is -2.44. The van der Waals surface area contributed by atoms with Crippen molar-refractivity contribution in [3.63, 3.8) is 0 Å². The molecule has 4 aromatic rings. The maximum Gasteiger partial charge on any atom is 0.407 e. The molecule has 3 fully saturated rings. The van der Waals surface area contributed by atoms with Gasteiger partial charge in [-0.2, -0.15) is 0 Å². The van der Waals surface area contributed by atoms with Gasteiger partial charge in [0.15, 0.2) is 0 Å². The summed E-state index contributed by atoms with van der Waals surface area (Å²) < 4.78 is 29.4. The lowest BCUT2D eigenvalue weighted by Crippen LogP contribution is -2.51. The van der Waals surface area contributed by atoms with Crippen LogP contribution in [0.2, 0.25) is 5.02 Å². The number of amides is 2. The number of nitrogens with one attached hydrogen (secondary N) is 2. The summed E-state index contributed by atoms with van der Waals surface area (Å²) in [5, 5.41) is 36.0. The Morgan fingerprint density at radius 3 is 2.29 bits per heavy atom. The number of nitro groups is 1. The van der Waals surface area contributed by atoms with Crippen LogP contribution in [0.5, 0.6) is 0 Å². The van der Waals surface area contributed by atoms with Crippen molar-refractivity contribution in [3.8, 4) is 0 Å². The van der Waals surface area contributed by atoms with E-state index in [1.54, 1.807) is 23.9 Å². The zero-order valence-corrected chi connectivity index (χ0v) is 43.4. The molecule has 4 aromatic carbocycles. The number of aliphatic hydroxyl groups is 1. The van der Waals surface area contributed by atoms with Gasteiger partial charge in [0, 0.05) is 117 Å². The number of carbonyl (C=O) groups excluding carboxylic acids is 1. The lowest BCUT2D eigenvalue weighted by atomic mass is 9.71. The molecule has 16 nitrogen and oxygen atoms in total. The van der Waals surface area contributed by atoms with Crippen molar-refractivity contribution in [2.24, 2.45) is 5.41 Å². The summed E-state index contributed by atoms with van der Waals surface area (Å²) in [6.45, 7) is 11.5. The predicted molar refractivity (Wildman–Crippen MR) is 285 cm³/mol. The molecule has 0 spiro atoms. The van der Waals surface area contributed by atoms with Crippen LogP contribution in [-0.4, -0.2) is 158 Å². The fourth-order valence-electron chi connectivity index (χ4n) is 10.7. The Kier molecular flexibility index (Phi) is 17.9. The topological polar surface area (TPSA) is 192 Å². The first-order valence-electron chi connectivity index (χ1n) is 25.0. The highest BCUT2D eigenvalue weighted by molar-refractivity contribution is 7.99. The van der Waals surface area contributed by atoms with Gasteiger partial charge >= 0.3 is 6.09 Å². The molecule has 0 bridgehead atoms. The molecule has 4 aliphatic rings. The largest absolute Gasteiger partial charge is 0.465 e. The summed E-state index contributed by atoms with van der Waals surface area (Å²) in [5.41, 5.74) is 4.85. The highest BCUT2D eigenvalue weighted by Crippen LogP contribution is 2.44. The summed E-state index contributed by atoms with van der Waals surface area (Å²) in [5.74, 6) is -0.255. The summed E-state index contributed by atoms with van der Waals surface area (Å²) >= 11 is 7.92. The fourth-order valence-corrected chi connectivity index (χ4v) is 12.8. The number of hydrogen-bond acceptors (Lipinski definition) is 13. The fraction of sp³-hybridized carbons (Fsp3) is 0.472. The molecule has 2 unspecified atom stereocenters. The smallest absolute Gasteiger partial charge is 0.407 e. The van der Waals surface area contributed by atoms with Crippen molar-refractivity contribution in [2.75, 3.05) is 101 Å². The number of nitrogens with zero attached hydrogens (tertiary/aromatic N) is 6.